The summed E-state index contributed by atoms with van der Waals surface area (Å²) in [5.41, 5.74) is 0.448. The molecule has 0 heterocycles. The second kappa shape index (κ2) is 10.1. The van der Waals surface area contributed by atoms with Crippen molar-refractivity contribution in [2.24, 2.45) is 0 Å². The molecule has 3 rings (SSSR count). The van der Waals surface area contributed by atoms with E-state index in [1.807, 2.05) is 0 Å². The molecular formula is C22H20Cl2N2O5S. The van der Waals surface area contributed by atoms with Gasteiger partial charge in [0.1, 0.15) is 18.0 Å². The van der Waals surface area contributed by atoms with Gasteiger partial charge in [-0.1, -0.05) is 41.4 Å². The van der Waals surface area contributed by atoms with Crippen LogP contribution in [0.5, 0.6) is 11.5 Å². The quantitative estimate of drug-likeness (QED) is 0.483. The largest absolute Gasteiger partial charge is 0.497 e. The number of sulfonamides is 1. The van der Waals surface area contributed by atoms with E-state index in [0.29, 0.717) is 22.2 Å². The van der Waals surface area contributed by atoms with Gasteiger partial charge in [0.05, 0.1) is 35.5 Å². The lowest BCUT2D eigenvalue weighted by molar-refractivity contribution is -0.114. The van der Waals surface area contributed by atoms with Crippen LogP contribution in [0.15, 0.2) is 71.6 Å². The molecule has 3 aromatic carbocycles. The first-order valence-corrected chi connectivity index (χ1v) is 11.5. The van der Waals surface area contributed by atoms with E-state index in [0.717, 1.165) is 4.31 Å². The predicted octanol–water partition coefficient (Wildman–Crippen LogP) is 4.84. The summed E-state index contributed by atoms with van der Waals surface area (Å²) in [4.78, 5) is 12.9. The molecule has 0 saturated heterocycles. The normalized spacial score (nSPS) is 11.0. The van der Waals surface area contributed by atoms with Crippen LogP contribution in [0.1, 0.15) is 0 Å². The number of hydrogen-bond acceptors (Lipinski definition) is 5. The van der Waals surface area contributed by atoms with Crippen LogP contribution in [0.4, 0.5) is 11.4 Å². The summed E-state index contributed by atoms with van der Waals surface area (Å²) in [5, 5.41) is 3.09. The van der Waals surface area contributed by atoms with Crippen LogP contribution in [-0.2, 0) is 14.8 Å². The third-order valence-corrected chi connectivity index (χ3v) is 6.79. The van der Waals surface area contributed by atoms with Crippen LogP contribution in [0, 0.1) is 0 Å². The van der Waals surface area contributed by atoms with Gasteiger partial charge in [-0.3, -0.25) is 9.10 Å². The number of ether oxygens (including phenoxy) is 2. The Bertz CT molecular complexity index is 1220. The molecule has 10 heteroatoms. The highest BCUT2D eigenvalue weighted by Gasteiger charge is 2.29. The fraction of sp³-hybridized carbons (Fsp3) is 0.136. The van der Waals surface area contributed by atoms with E-state index in [9.17, 15) is 13.2 Å². The lowest BCUT2D eigenvalue weighted by Gasteiger charge is -2.25. The summed E-state index contributed by atoms with van der Waals surface area (Å²) in [6.45, 7) is -0.543. The molecular weight excluding hydrogens is 475 g/mol. The SMILES string of the molecule is COc1ccc(OC)c(NC(=O)CN(c2ccc(Cl)cc2Cl)S(=O)(=O)c2ccccc2)c1. The number of carbonyl (C=O) groups is 1. The molecule has 0 atom stereocenters. The molecule has 7 nitrogen and oxygen atoms in total. The van der Waals surface area contributed by atoms with Gasteiger partial charge in [0.25, 0.3) is 10.0 Å². The lowest BCUT2D eigenvalue weighted by atomic mass is 10.2. The number of halogens is 2. The van der Waals surface area contributed by atoms with Gasteiger partial charge in [-0.25, -0.2) is 8.42 Å². The third kappa shape index (κ3) is 5.27. The molecule has 0 aromatic heterocycles. The van der Waals surface area contributed by atoms with Crippen LogP contribution in [0.2, 0.25) is 10.0 Å². The number of nitrogens with zero attached hydrogens (tertiary/aromatic N) is 1. The van der Waals surface area contributed by atoms with Gasteiger partial charge < -0.3 is 14.8 Å². The topological polar surface area (TPSA) is 84.9 Å². The Morgan fingerprint density at radius 3 is 2.31 bits per heavy atom. The van der Waals surface area contributed by atoms with E-state index in [1.54, 1.807) is 36.4 Å². The van der Waals surface area contributed by atoms with Crippen molar-refractivity contribution >= 4 is 50.5 Å². The molecule has 168 valence electrons. The van der Waals surface area contributed by atoms with Crippen LogP contribution in [0.25, 0.3) is 0 Å². The molecule has 0 aliphatic carbocycles. The Kier molecular flexibility index (Phi) is 7.50. The summed E-state index contributed by atoms with van der Waals surface area (Å²) in [7, 11) is -1.17. The fourth-order valence-corrected chi connectivity index (χ4v) is 4.96. The van der Waals surface area contributed by atoms with Gasteiger partial charge in [0.15, 0.2) is 0 Å². The molecule has 0 fully saturated rings. The van der Waals surface area contributed by atoms with Crippen molar-refractivity contribution in [1.82, 2.24) is 0 Å². The highest BCUT2D eigenvalue weighted by Crippen LogP contribution is 2.33. The number of nitrogens with one attached hydrogen (secondary N) is 1. The minimum absolute atomic E-state index is 0.0118. The number of anilines is 2. The summed E-state index contributed by atoms with van der Waals surface area (Å²) < 4.78 is 38.2. The zero-order valence-electron chi connectivity index (χ0n) is 17.2. The fourth-order valence-electron chi connectivity index (χ4n) is 2.93. The Labute approximate surface area is 196 Å². The third-order valence-electron chi connectivity index (χ3n) is 4.48. The molecule has 3 aromatic rings. The first-order chi connectivity index (χ1) is 15.3. The highest BCUT2D eigenvalue weighted by molar-refractivity contribution is 7.92. The molecule has 0 unspecified atom stereocenters. The van der Waals surface area contributed by atoms with Crippen molar-refractivity contribution in [1.29, 1.82) is 0 Å². The zero-order chi connectivity index (χ0) is 23.3. The molecule has 0 aliphatic rings. The van der Waals surface area contributed by atoms with Gasteiger partial charge >= 0.3 is 0 Å². The van der Waals surface area contributed by atoms with Crippen LogP contribution in [-0.4, -0.2) is 35.1 Å². The monoisotopic (exact) mass is 494 g/mol. The van der Waals surface area contributed by atoms with E-state index < -0.39 is 22.5 Å². The number of methoxy groups -OCH3 is 2. The smallest absolute Gasteiger partial charge is 0.264 e. The van der Waals surface area contributed by atoms with Crippen LogP contribution in [0.3, 0.4) is 0 Å². The number of rotatable bonds is 8. The van der Waals surface area contributed by atoms with Crippen molar-refractivity contribution in [3.8, 4) is 11.5 Å². The van der Waals surface area contributed by atoms with Gasteiger partial charge in [0, 0.05) is 11.1 Å². The van der Waals surface area contributed by atoms with Crippen molar-refractivity contribution in [2.75, 3.05) is 30.4 Å². The number of amides is 1. The van der Waals surface area contributed by atoms with E-state index >= 15 is 0 Å². The standard InChI is InChI=1S/C22H20Cl2N2O5S/c1-30-16-9-11-21(31-2)19(13-16)25-22(27)14-26(20-10-8-15(23)12-18(20)24)32(28,29)17-6-4-3-5-7-17/h3-13H,14H2,1-2H3,(H,25,27). The molecule has 0 radical (unpaired) electrons. The van der Waals surface area contributed by atoms with Crippen molar-refractivity contribution in [3.05, 3.63) is 76.8 Å². The lowest BCUT2D eigenvalue weighted by Crippen LogP contribution is -2.38. The molecule has 0 saturated carbocycles. The van der Waals surface area contributed by atoms with E-state index in [4.69, 9.17) is 32.7 Å². The van der Waals surface area contributed by atoms with Gasteiger partial charge in [-0.05, 0) is 42.5 Å². The average molecular weight is 495 g/mol. The first-order valence-electron chi connectivity index (χ1n) is 9.31. The second-order valence-corrected chi connectivity index (χ2v) is 9.24. The highest BCUT2D eigenvalue weighted by atomic mass is 35.5. The van der Waals surface area contributed by atoms with Crippen LogP contribution >= 0.6 is 23.2 Å². The Morgan fingerprint density at radius 1 is 0.969 bits per heavy atom. The maximum absolute atomic E-state index is 13.4. The summed E-state index contributed by atoms with van der Waals surface area (Å²) >= 11 is 12.3. The number of hydrogen-bond donors (Lipinski definition) is 1. The van der Waals surface area contributed by atoms with Crippen molar-refractivity contribution < 1.29 is 22.7 Å². The van der Waals surface area contributed by atoms with Gasteiger partial charge in [-0.2, -0.15) is 0 Å². The average Bonchev–Trinajstić information content (AvgIpc) is 2.78. The molecule has 1 N–H and O–H groups in total. The Hall–Kier alpha value is -2.94. The maximum atomic E-state index is 13.4. The number of benzene rings is 3. The zero-order valence-corrected chi connectivity index (χ0v) is 19.5. The minimum atomic E-state index is -4.12. The summed E-state index contributed by atoms with van der Waals surface area (Å²) in [5.74, 6) is 0.277. The molecule has 0 bridgehead atoms. The maximum Gasteiger partial charge on any atom is 0.264 e. The van der Waals surface area contributed by atoms with Crippen molar-refractivity contribution in [3.63, 3.8) is 0 Å². The summed E-state index contributed by atoms with van der Waals surface area (Å²) in [6, 6.07) is 17.0. The Balaban J connectivity index is 1.99. The van der Waals surface area contributed by atoms with Crippen molar-refractivity contribution in [2.45, 2.75) is 4.90 Å². The minimum Gasteiger partial charge on any atom is -0.497 e. The van der Waals surface area contributed by atoms with Gasteiger partial charge in [0.2, 0.25) is 5.91 Å². The second-order valence-electron chi connectivity index (χ2n) is 6.53. The Morgan fingerprint density at radius 2 is 1.69 bits per heavy atom. The molecule has 0 aliphatic heterocycles. The predicted molar refractivity (Wildman–Crippen MR) is 126 cm³/mol. The van der Waals surface area contributed by atoms with E-state index in [-0.39, 0.29) is 15.6 Å². The molecule has 32 heavy (non-hydrogen) atoms. The van der Waals surface area contributed by atoms with E-state index in [2.05, 4.69) is 5.32 Å². The summed E-state index contributed by atoms with van der Waals surface area (Å²) in [6.07, 6.45) is 0. The number of carbonyl (C=O) groups excluding carboxylic acids is 1. The van der Waals surface area contributed by atoms with E-state index in [1.165, 1.54) is 44.6 Å². The van der Waals surface area contributed by atoms with Gasteiger partial charge in [-0.15, -0.1) is 0 Å². The molecule has 1 amide bonds. The first kappa shape index (κ1) is 23.7. The van der Waals surface area contributed by atoms with Crippen LogP contribution < -0.4 is 19.1 Å². The molecule has 0 spiro atoms.